The van der Waals surface area contributed by atoms with Crippen molar-refractivity contribution in [3.8, 4) is 0 Å². The van der Waals surface area contributed by atoms with Gasteiger partial charge in [-0.15, -0.1) is 0 Å². The number of carbonyl (C=O) groups is 1. The van der Waals surface area contributed by atoms with Crippen LogP contribution < -0.4 is 0 Å². The summed E-state index contributed by atoms with van der Waals surface area (Å²) in [6.45, 7) is 2.84. The van der Waals surface area contributed by atoms with Gasteiger partial charge in [0.15, 0.2) is 0 Å². The van der Waals surface area contributed by atoms with E-state index in [1.54, 1.807) is 0 Å². The quantitative estimate of drug-likeness (QED) is 0.612. The Labute approximate surface area is 65.8 Å². The van der Waals surface area contributed by atoms with E-state index in [1.165, 1.54) is 5.56 Å². The van der Waals surface area contributed by atoms with Gasteiger partial charge in [-0.2, -0.15) is 0 Å². The molecule has 0 aliphatic carbocycles. The summed E-state index contributed by atoms with van der Waals surface area (Å²) in [4.78, 5) is 9.82. The highest BCUT2D eigenvalue weighted by atomic mass is 16.5. The fourth-order valence-corrected chi connectivity index (χ4v) is 0.815. The van der Waals surface area contributed by atoms with E-state index in [4.69, 9.17) is 0 Å². The second-order valence-corrected chi connectivity index (χ2v) is 2.39. The number of benzene rings is 1. The van der Waals surface area contributed by atoms with Crippen LogP contribution in [0.2, 0.25) is 0 Å². The molecule has 0 amide bonds. The zero-order valence-corrected chi connectivity index (χ0v) is 6.41. The molecule has 0 spiro atoms. The van der Waals surface area contributed by atoms with Crippen LogP contribution in [-0.4, -0.2) is 6.47 Å². The SMILES string of the molecule is Cc1ccc(COC=O)cc1. The Morgan fingerprint density at radius 2 is 2.00 bits per heavy atom. The van der Waals surface area contributed by atoms with Gasteiger partial charge in [0, 0.05) is 0 Å². The molecule has 58 valence electrons. The van der Waals surface area contributed by atoms with Crippen molar-refractivity contribution in [2.45, 2.75) is 13.5 Å². The Hall–Kier alpha value is -1.31. The van der Waals surface area contributed by atoms with Crippen LogP contribution in [0.5, 0.6) is 0 Å². The maximum atomic E-state index is 9.82. The van der Waals surface area contributed by atoms with Crippen molar-refractivity contribution in [2.24, 2.45) is 0 Å². The van der Waals surface area contributed by atoms with Crippen LogP contribution >= 0.6 is 0 Å². The molecule has 0 aromatic heterocycles. The largest absolute Gasteiger partial charge is 0.463 e. The van der Waals surface area contributed by atoms with E-state index in [0.717, 1.165) is 5.56 Å². The Kier molecular flexibility index (Phi) is 2.66. The van der Waals surface area contributed by atoms with Crippen LogP contribution in [0.25, 0.3) is 0 Å². The average Bonchev–Trinajstić information content (AvgIpc) is 2.04. The van der Waals surface area contributed by atoms with Gasteiger partial charge in [0.05, 0.1) is 0 Å². The van der Waals surface area contributed by atoms with Gasteiger partial charge >= 0.3 is 0 Å². The highest BCUT2D eigenvalue weighted by Gasteiger charge is 1.90. The zero-order valence-electron chi connectivity index (χ0n) is 6.41. The first-order valence-electron chi connectivity index (χ1n) is 3.44. The number of carbonyl (C=O) groups excluding carboxylic acids is 1. The molecule has 0 aliphatic rings. The van der Waals surface area contributed by atoms with E-state index in [1.807, 2.05) is 31.2 Å². The van der Waals surface area contributed by atoms with Gasteiger partial charge in [-0.25, -0.2) is 0 Å². The smallest absolute Gasteiger partial charge is 0.293 e. The summed E-state index contributed by atoms with van der Waals surface area (Å²) in [7, 11) is 0. The molecule has 1 rings (SSSR count). The summed E-state index contributed by atoms with van der Waals surface area (Å²) in [6, 6.07) is 7.87. The second kappa shape index (κ2) is 3.76. The van der Waals surface area contributed by atoms with Crippen LogP contribution in [0.1, 0.15) is 11.1 Å². The average molecular weight is 150 g/mol. The minimum Gasteiger partial charge on any atom is -0.463 e. The molecule has 0 heterocycles. The summed E-state index contributed by atoms with van der Waals surface area (Å²) in [5, 5.41) is 0. The van der Waals surface area contributed by atoms with E-state index < -0.39 is 0 Å². The lowest BCUT2D eigenvalue weighted by Crippen LogP contribution is -1.89. The number of rotatable bonds is 3. The normalized spacial score (nSPS) is 9.18. The third-order valence-corrected chi connectivity index (χ3v) is 1.44. The Bertz CT molecular complexity index is 226. The maximum absolute atomic E-state index is 9.82. The lowest BCUT2D eigenvalue weighted by molar-refractivity contribution is -0.129. The summed E-state index contributed by atoms with van der Waals surface area (Å²) in [6.07, 6.45) is 0. The molecule has 0 N–H and O–H groups in total. The molecule has 1 aromatic carbocycles. The van der Waals surface area contributed by atoms with Crippen molar-refractivity contribution in [1.29, 1.82) is 0 Å². The molecule has 0 atom stereocenters. The van der Waals surface area contributed by atoms with Crippen molar-refractivity contribution >= 4 is 6.47 Å². The monoisotopic (exact) mass is 150 g/mol. The van der Waals surface area contributed by atoms with Gasteiger partial charge in [-0.3, -0.25) is 4.79 Å². The van der Waals surface area contributed by atoms with Gasteiger partial charge in [-0.1, -0.05) is 29.8 Å². The number of hydrogen-bond donors (Lipinski definition) is 0. The van der Waals surface area contributed by atoms with Gasteiger partial charge in [-0.05, 0) is 12.5 Å². The first-order chi connectivity index (χ1) is 5.33. The van der Waals surface area contributed by atoms with Crippen LogP contribution in [0.4, 0.5) is 0 Å². The Balaban J connectivity index is 2.58. The zero-order chi connectivity index (χ0) is 8.10. The van der Waals surface area contributed by atoms with E-state index in [0.29, 0.717) is 13.1 Å². The predicted octanol–water partition coefficient (Wildman–Crippen LogP) is 1.67. The molecular weight excluding hydrogens is 140 g/mol. The van der Waals surface area contributed by atoms with E-state index >= 15 is 0 Å². The highest BCUT2D eigenvalue weighted by molar-refractivity contribution is 5.37. The van der Waals surface area contributed by atoms with Gasteiger partial charge in [0.2, 0.25) is 0 Å². The lowest BCUT2D eigenvalue weighted by atomic mass is 10.2. The van der Waals surface area contributed by atoms with Crippen molar-refractivity contribution in [1.82, 2.24) is 0 Å². The number of aryl methyl sites for hydroxylation is 1. The first-order valence-corrected chi connectivity index (χ1v) is 3.44. The molecule has 0 aliphatic heterocycles. The predicted molar refractivity (Wildman–Crippen MR) is 42.0 cm³/mol. The first kappa shape index (κ1) is 7.79. The second-order valence-electron chi connectivity index (χ2n) is 2.39. The van der Waals surface area contributed by atoms with Crippen molar-refractivity contribution in [3.05, 3.63) is 35.4 Å². The van der Waals surface area contributed by atoms with Crippen molar-refractivity contribution in [2.75, 3.05) is 0 Å². The minimum atomic E-state index is 0.365. The molecule has 2 nitrogen and oxygen atoms in total. The molecule has 0 radical (unpaired) electrons. The molecule has 0 saturated heterocycles. The van der Waals surface area contributed by atoms with Crippen LogP contribution in [0.3, 0.4) is 0 Å². The Morgan fingerprint density at radius 3 is 2.55 bits per heavy atom. The van der Waals surface area contributed by atoms with E-state index in [2.05, 4.69) is 4.74 Å². The fraction of sp³-hybridized carbons (Fsp3) is 0.222. The van der Waals surface area contributed by atoms with Crippen LogP contribution in [0.15, 0.2) is 24.3 Å². The maximum Gasteiger partial charge on any atom is 0.293 e. The van der Waals surface area contributed by atoms with Gasteiger partial charge in [0.1, 0.15) is 6.61 Å². The fourth-order valence-electron chi connectivity index (χ4n) is 0.815. The minimum absolute atomic E-state index is 0.365. The summed E-state index contributed by atoms with van der Waals surface area (Å²) in [5.41, 5.74) is 2.22. The third kappa shape index (κ3) is 2.42. The molecule has 0 bridgehead atoms. The molecule has 11 heavy (non-hydrogen) atoms. The van der Waals surface area contributed by atoms with Crippen molar-refractivity contribution < 1.29 is 9.53 Å². The Morgan fingerprint density at radius 1 is 1.36 bits per heavy atom. The van der Waals surface area contributed by atoms with E-state index in [9.17, 15) is 4.79 Å². The molecule has 1 aromatic rings. The number of hydrogen-bond acceptors (Lipinski definition) is 2. The van der Waals surface area contributed by atoms with Crippen LogP contribution in [-0.2, 0) is 16.1 Å². The standard InChI is InChI=1S/C9H10O2/c1-8-2-4-9(5-3-8)6-11-7-10/h2-5,7H,6H2,1H3. The molecule has 0 unspecified atom stereocenters. The number of ether oxygens (including phenoxy) is 1. The highest BCUT2D eigenvalue weighted by Crippen LogP contribution is 2.03. The van der Waals surface area contributed by atoms with E-state index in [-0.39, 0.29) is 0 Å². The van der Waals surface area contributed by atoms with Gasteiger partial charge in [0.25, 0.3) is 6.47 Å². The van der Waals surface area contributed by atoms with Crippen molar-refractivity contribution in [3.63, 3.8) is 0 Å². The molecular formula is C9H10O2. The van der Waals surface area contributed by atoms with Gasteiger partial charge < -0.3 is 4.74 Å². The lowest BCUT2D eigenvalue weighted by Gasteiger charge is -1.98. The summed E-state index contributed by atoms with van der Waals surface area (Å²) >= 11 is 0. The molecule has 0 saturated carbocycles. The topological polar surface area (TPSA) is 26.3 Å². The molecule has 0 fully saturated rings. The summed E-state index contributed by atoms with van der Waals surface area (Å²) in [5.74, 6) is 0. The summed E-state index contributed by atoms with van der Waals surface area (Å²) < 4.78 is 4.58. The van der Waals surface area contributed by atoms with Crippen LogP contribution in [0, 0.1) is 6.92 Å². The molecule has 2 heteroatoms. The third-order valence-electron chi connectivity index (χ3n) is 1.44.